The van der Waals surface area contributed by atoms with Gasteiger partial charge in [-0.25, -0.2) is 0 Å². The zero-order valence-electron chi connectivity index (χ0n) is 12.4. The average Bonchev–Trinajstić information content (AvgIpc) is 3.11. The molecule has 4 N–H and O–H groups in total. The van der Waals surface area contributed by atoms with Crippen LogP contribution in [0.1, 0.15) is 34.3 Å². The van der Waals surface area contributed by atoms with Gasteiger partial charge in [0.25, 0.3) is 11.8 Å². The second kappa shape index (κ2) is 6.73. The maximum atomic E-state index is 12.1. The molecule has 2 heterocycles. The number of carboxylic acids is 1. The van der Waals surface area contributed by atoms with E-state index in [2.05, 4.69) is 15.5 Å². The van der Waals surface area contributed by atoms with E-state index in [1.807, 2.05) is 0 Å². The van der Waals surface area contributed by atoms with Crippen molar-refractivity contribution in [2.45, 2.75) is 26.4 Å². The molecule has 10 nitrogen and oxygen atoms in total. The van der Waals surface area contributed by atoms with Crippen molar-refractivity contribution in [3.05, 3.63) is 29.8 Å². The van der Waals surface area contributed by atoms with Gasteiger partial charge in [-0.3, -0.25) is 23.7 Å². The molecule has 0 unspecified atom stereocenters. The molecule has 0 radical (unpaired) electrons. The summed E-state index contributed by atoms with van der Waals surface area (Å²) in [6.07, 6.45) is 2.74. The summed E-state index contributed by atoms with van der Waals surface area (Å²) in [5.74, 6) is -2.20. The predicted octanol–water partition coefficient (Wildman–Crippen LogP) is -0.0746. The molecule has 0 aliphatic carbocycles. The van der Waals surface area contributed by atoms with Crippen molar-refractivity contribution in [3.63, 3.8) is 0 Å². The van der Waals surface area contributed by atoms with E-state index >= 15 is 0 Å². The largest absolute Gasteiger partial charge is 0.481 e. The Balaban J connectivity index is 2.12. The number of nitrogens with zero attached hydrogens (tertiary/aromatic N) is 4. The number of nitrogens with two attached hydrogens (primary N) is 1. The van der Waals surface area contributed by atoms with E-state index in [-0.39, 0.29) is 30.0 Å². The summed E-state index contributed by atoms with van der Waals surface area (Å²) in [6, 6.07) is 1.45. The average molecular weight is 320 g/mol. The lowest BCUT2D eigenvalue weighted by molar-refractivity contribution is -0.137. The Hall–Kier alpha value is -3.17. The fraction of sp³-hybridized carbons (Fsp3) is 0.308. The van der Waals surface area contributed by atoms with Gasteiger partial charge in [0.05, 0.1) is 24.8 Å². The number of rotatable bonds is 7. The van der Waals surface area contributed by atoms with Crippen LogP contribution in [0, 0.1) is 0 Å². The molecule has 10 heteroatoms. The normalized spacial score (nSPS) is 10.5. The Labute approximate surface area is 130 Å². The fourth-order valence-corrected chi connectivity index (χ4v) is 1.98. The molecule has 0 spiro atoms. The van der Waals surface area contributed by atoms with Crippen LogP contribution in [0.3, 0.4) is 0 Å². The molecule has 2 rings (SSSR count). The highest BCUT2D eigenvalue weighted by Crippen LogP contribution is 2.15. The molecule has 0 saturated carbocycles. The molecular formula is C13H16N6O4. The van der Waals surface area contributed by atoms with Crippen LogP contribution in [0.15, 0.2) is 18.5 Å². The minimum Gasteiger partial charge on any atom is -0.481 e. The van der Waals surface area contributed by atoms with Crippen molar-refractivity contribution in [2.24, 2.45) is 5.73 Å². The van der Waals surface area contributed by atoms with E-state index in [0.29, 0.717) is 6.54 Å². The molecule has 2 amide bonds. The first-order valence-corrected chi connectivity index (χ1v) is 6.84. The number of nitrogens with one attached hydrogen (secondary N) is 1. The molecule has 0 atom stereocenters. The third-order valence-electron chi connectivity index (χ3n) is 3.05. The van der Waals surface area contributed by atoms with E-state index < -0.39 is 17.8 Å². The predicted molar refractivity (Wildman–Crippen MR) is 78.9 cm³/mol. The van der Waals surface area contributed by atoms with Crippen LogP contribution in [0.5, 0.6) is 0 Å². The third kappa shape index (κ3) is 3.73. The van der Waals surface area contributed by atoms with Crippen molar-refractivity contribution in [1.82, 2.24) is 19.6 Å². The van der Waals surface area contributed by atoms with Crippen molar-refractivity contribution in [3.8, 4) is 0 Å². The summed E-state index contributed by atoms with van der Waals surface area (Å²) in [7, 11) is 0. The van der Waals surface area contributed by atoms with Crippen LogP contribution >= 0.6 is 0 Å². The van der Waals surface area contributed by atoms with Gasteiger partial charge in [0.1, 0.15) is 5.69 Å². The van der Waals surface area contributed by atoms with Crippen LogP contribution < -0.4 is 11.1 Å². The van der Waals surface area contributed by atoms with Gasteiger partial charge in [-0.1, -0.05) is 0 Å². The van der Waals surface area contributed by atoms with Gasteiger partial charge in [0, 0.05) is 12.7 Å². The van der Waals surface area contributed by atoms with Crippen LogP contribution in [0.2, 0.25) is 0 Å². The van der Waals surface area contributed by atoms with Gasteiger partial charge in [0.15, 0.2) is 5.69 Å². The second-order valence-electron chi connectivity index (χ2n) is 4.65. The first kappa shape index (κ1) is 16.2. The van der Waals surface area contributed by atoms with E-state index in [1.165, 1.54) is 27.8 Å². The molecule has 23 heavy (non-hydrogen) atoms. The Morgan fingerprint density at radius 1 is 1.39 bits per heavy atom. The van der Waals surface area contributed by atoms with Gasteiger partial charge in [-0.2, -0.15) is 10.2 Å². The number of amides is 2. The van der Waals surface area contributed by atoms with E-state index in [0.717, 1.165) is 0 Å². The topological polar surface area (TPSA) is 145 Å². The highest BCUT2D eigenvalue weighted by atomic mass is 16.4. The Kier molecular flexibility index (Phi) is 4.74. The van der Waals surface area contributed by atoms with E-state index in [9.17, 15) is 14.4 Å². The lowest BCUT2D eigenvalue weighted by Gasteiger charge is -2.05. The Bertz CT molecular complexity index is 747. The zero-order chi connectivity index (χ0) is 17.0. The maximum absolute atomic E-state index is 12.1. The van der Waals surface area contributed by atoms with Gasteiger partial charge >= 0.3 is 5.97 Å². The summed E-state index contributed by atoms with van der Waals surface area (Å²) in [6.45, 7) is 2.37. The lowest BCUT2D eigenvalue weighted by atomic mass is 10.3. The molecule has 2 aromatic rings. The van der Waals surface area contributed by atoms with Gasteiger partial charge in [-0.15, -0.1) is 0 Å². The van der Waals surface area contributed by atoms with E-state index in [1.54, 1.807) is 6.92 Å². The molecule has 0 aromatic carbocycles. The third-order valence-corrected chi connectivity index (χ3v) is 3.05. The van der Waals surface area contributed by atoms with Crippen molar-refractivity contribution < 1.29 is 19.5 Å². The fourth-order valence-electron chi connectivity index (χ4n) is 1.98. The van der Waals surface area contributed by atoms with Crippen molar-refractivity contribution in [2.75, 3.05) is 5.32 Å². The molecule has 0 saturated heterocycles. The Morgan fingerprint density at radius 2 is 2.13 bits per heavy atom. The molecule has 122 valence electrons. The van der Waals surface area contributed by atoms with Crippen LogP contribution in [-0.4, -0.2) is 42.5 Å². The zero-order valence-corrected chi connectivity index (χ0v) is 12.4. The summed E-state index contributed by atoms with van der Waals surface area (Å²) in [5.41, 5.74) is 5.69. The highest BCUT2D eigenvalue weighted by Gasteiger charge is 2.19. The van der Waals surface area contributed by atoms with Crippen molar-refractivity contribution >= 4 is 23.5 Å². The SMILES string of the molecule is CCn1ncc(NC(=O)c2ccn(CCC(=O)O)n2)c1C(N)=O. The standard InChI is InChI=1S/C13H16N6O4/c1-2-19-11(12(14)22)9(7-15-19)16-13(23)8-3-5-18(17-8)6-4-10(20)21/h3,5,7H,2,4,6H2,1H3,(H2,14,22)(H,16,23)(H,20,21). The number of primary amides is 1. The molecular weight excluding hydrogens is 304 g/mol. The van der Waals surface area contributed by atoms with Crippen LogP contribution in [0.25, 0.3) is 0 Å². The maximum Gasteiger partial charge on any atom is 0.305 e. The second-order valence-corrected chi connectivity index (χ2v) is 4.65. The molecule has 0 aliphatic heterocycles. The summed E-state index contributed by atoms with van der Waals surface area (Å²) in [4.78, 5) is 34.1. The summed E-state index contributed by atoms with van der Waals surface area (Å²) >= 11 is 0. The first-order valence-electron chi connectivity index (χ1n) is 6.84. The summed E-state index contributed by atoms with van der Waals surface area (Å²) in [5, 5.41) is 19.1. The number of hydrogen-bond donors (Lipinski definition) is 3. The summed E-state index contributed by atoms with van der Waals surface area (Å²) < 4.78 is 2.73. The molecule has 2 aromatic heterocycles. The van der Waals surface area contributed by atoms with Gasteiger partial charge in [0.2, 0.25) is 0 Å². The minimum absolute atomic E-state index is 0.0926. The number of aromatic nitrogens is 4. The van der Waals surface area contributed by atoms with Gasteiger partial charge < -0.3 is 16.2 Å². The lowest BCUT2D eigenvalue weighted by Crippen LogP contribution is -2.21. The number of hydrogen-bond acceptors (Lipinski definition) is 5. The molecule has 0 bridgehead atoms. The highest BCUT2D eigenvalue weighted by molar-refractivity contribution is 6.07. The number of carbonyl (C=O) groups excluding carboxylic acids is 2. The molecule has 0 aliphatic rings. The Morgan fingerprint density at radius 3 is 2.74 bits per heavy atom. The van der Waals surface area contributed by atoms with E-state index in [4.69, 9.17) is 10.8 Å². The molecule has 0 fully saturated rings. The quantitative estimate of drug-likeness (QED) is 0.651. The van der Waals surface area contributed by atoms with Gasteiger partial charge in [-0.05, 0) is 13.0 Å². The number of carboxylic acid groups (broad SMARTS) is 1. The number of carbonyl (C=O) groups is 3. The van der Waals surface area contributed by atoms with Crippen molar-refractivity contribution in [1.29, 1.82) is 0 Å². The number of aryl methyl sites for hydroxylation is 2. The first-order chi connectivity index (χ1) is 10.9. The smallest absolute Gasteiger partial charge is 0.305 e. The number of aliphatic carboxylic acids is 1. The monoisotopic (exact) mass is 320 g/mol. The minimum atomic E-state index is -0.954. The van der Waals surface area contributed by atoms with Crippen LogP contribution in [0.4, 0.5) is 5.69 Å². The number of anilines is 1. The van der Waals surface area contributed by atoms with Crippen LogP contribution in [-0.2, 0) is 17.9 Å².